The molecular formula is C12H14BrNO2. The quantitative estimate of drug-likeness (QED) is 0.861. The summed E-state index contributed by atoms with van der Waals surface area (Å²) in [5.74, 6) is 1.64. The van der Waals surface area contributed by atoms with E-state index in [4.69, 9.17) is 15.2 Å². The summed E-state index contributed by atoms with van der Waals surface area (Å²) in [5, 5.41) is 0. The normalized spacial score (nSPS) is 20.6. The van der Waals surface area contributed by atoms with Gasteiger partial charge in [-0.15, -0.1) is 0 Å². The number of halogens is 1. The van der Waals surface area contributed by atoms with Crippen molar-refractivity contribution in [3.05, 3.63) is 22.2 Å². The van der Waals surface area contributed by atoms with Crippen LogP contribution in [0.15, 0.2) is 16.6 Å². The number of hydrogen-bond acceptors (Lipinski definition) is 3. The van der Waals surface area contributed by atoms with Crippen LogP contribution in [0.5, 0.6) is 11.5 Å². The Morgan fingerprint density at radius 2 is 2.00 bits per heavy atom. The molecule has 0 bridgehead atoms. The lowest BCUT2D eigenvalue weighted by atomic mass is 10.1. The van der Waals surface area contributed by atoms with Gasteiger partial charge in [0.25, 0.3) is 0 Å². The minimum absolute atomic E-state index is 0.279. The van der Waals surface area contributed by atoms with Crippen LogP contribution >= 0.6 is 15.9 Å². The van der Waals surface area contributed by atoms with Gasteiger partial charge in [0.2, 0.25) is 0 Å². The highest BCUT2D eigenvalue weighted by Gasteiger charge is 2.46. The molecule has 1 fully saturated rings. The minimum atomic E-state index is 0.279. The molecule has 86 valence electrons. The first-order chi connectivity index (χ1) is 7.72. The molecule has 0 aromatic heterocycles. The van der Waals surface area contributed by atoms with Crippen LogP contribution in [-0.2, 0) is 6.54 Å². The maximum atomic E-state index is 5.84. The van der Waals surface area contributed by atoms with E-state index in [1.165, 1.54) is 12.8 Å². The molecule has 0 amide bonds. The summed E-state index contributed by atoms with van der Waals surface area (Å²) < 4.78 is 12.6. The monoisotopic (exact) mass is 283 g/mol. The third kappa shape index (κ3) is 1.70. The van der Waals surface area contributed by atoms with Gasteiger partial charge in [0.15, 0.2) is 11.5 Å². The molecule has 3 rings (SSSR count). The molecule has 0 radical (unpaired) electrons. The van der Waals surface area contributed by atoms with Gasteiger partial charge in [0, 0.05) is 12.0 Å². The van der Waals surface area contributed by atoms with Crippen LogP contribution in [0.2, 0.25) is 0 Å². The molecule has 1 aromatic carbocycles. The number of nitrogens with two attached hydrogens (primary N) is 1. The van der Waals surface area contributed by atoms with Crippen LogP contribution in [0.3, 0.4) is 0 Å². The fraction of sp³-hybridized carbons (Fsp3) is 0.500. The Balaban J connectivity index is 1.97. The molecule has 16 heavy (non-hydrogen) atoms. The molecule has 1 aliphatic carbocycles. The van der Waals surface area contributed by atoms with Crippen LogP contribution in [0.25, 0.3) is 0 Å². The first kappa shape index (κ1) is 10.4. The maximum Gasteiger partial charge on any atom is 0.175 e. The van der Waals surface area contributed by atoms with Gasteiger partial charge in [-0.25, -0.2) is 0 Å². The van der Waals surface area contributed by atoms with Crippen molar-refractivity contribution in [3.63, 3.8) is 0 Å². The number of fused-ring (bicyclic) bond motifs is 1. The standard InChI is InChI=1S/C12H14BrNO2/c13-9-3-8(5-14)4-10-11(9)16-7-12(1-2-12)6-15-10/h3-4H,1-2,5-7,14H2. The van der Waals surface area contributed by atoms with Gasteiger partial charge in [-0.05, 0) is 46.5 Å². The average molecular weight is 284 g/mol. The highest BCUT2D eigenvalue weighted by Crippen LogP contribution is 2.50. The number of ether oxygens (including phenoxy) is 2. The van der Waals surface area contributed by atoms with Gasteiger partial charge >= 0.3 is 0 Å². The zero-order valence-corrected chi connectivity index (χ0v) is 10.5. The Morgan fingerprint density at radius 1 is 1.25 bits per heavy atom. The summed E-state index contributed by atoms with van der Waals surface area (Å²) in [7, 11) is 0. The predicted molar refractivity (Wildman–Crippen MR) is 64.7 cm³/mol. The SMILES string of the molecule is NCc1cc(Br)c2c(c1)OCC1(CC1)CO2. The molecule has 2 N–H and O–H groups in total. The van der Waals surface area contributed by atoms with Crippen molar-refractivity contribution >= 4 is 15.9 Å². The van der Waals surface area contributed by atoms with Gasteiger partial charge in [0.05, 0.1) is 17.7 Å². The Morgan fingerprint density at radius 3 is 2.69 bits per heavy atom. The summed E-state index contributed by atoms with van der Waals surface area (Å²) in [4.78, 5) is 0. The second-order valence-electron chi connectivity index (χ2n) is 4.69. The minimum Gasteiger partial charge on any atom is -0.489 e. The Hall–Kier alpha value is -0.740. The summed E-state index contributed by atoms with van der Waals surface area (Å²) >= 11 is 3.51. The Kier molecular flexibility index (Phi) is 2.37. The van der Waals surface area contributed by atoms with E-state index in [9.17, 15) is 0 Å². The van der Waals surface area contributed by atoms with Crippen LogP contribution < -0.4 is 15.2 Å². The lowest BCUT2D eigenvalue weighted by Gasteiger charge is -2.10. The van der Waals surface area contributed by atoms with Crippen LogP contribution in [0.1, 0.15) is 18.4 Å². The second-order valence-corrected chi connectivity index (χ2v) is 5.54. The molecule has 0 atom stereocenters. The first-order valence-electron chi connectivity index (χ1n) is 5.51. The molecule has 3 nitrogen and oxygen atoms in total. The molecular weight excluding hydrogens is 270 g/mol. The van der Waals surface area contributed by atoms with E-state index >= 15 is 0 Å². The van der Waals surface area contributed by atoms with Crippen LogP contribution in [0, 0.1) is 5.41 Å². The Bertz CT molecular complexity index is 429. The number of benzene rings is 1. The first-order valence-corrected chi connectivity index (χ1v) is 6.30. The smallest absolute Gasteiger partial charge is 0.175 e. The van der Waals surface area contributed by atoms with Gasteiger partial charge in [-0.1, -0.05) is 0 Å². The van der Waals surface area contributed by atoms with E-state index in [2.05, 4.69) is 15.9 Å². The third-order valence-corrected chi connectivity index (χ3v) is 3.91. The average Bonchev–Trinajstić information content (AvgIpc) is 3.07. The molecule has 0 saturated heterocycles. The third-order valence-electron chi connectivity index (χ3n) is 3.32. The van der Waals surface area contributed by atoms with E-state index in [1.807, 2.05) is 12.1 Å². The Labute approximate surface area is 103 Å². The zero-order valence-electron chi connectivity index (χ0n) is 8.96. The molecule has 2 aliphatic rings. The largest absolute Gasteiger partial charge is 0.489 e. The fourth-order valence-electron chi connectivity index (χ4n) is 1.95. The zero-order chi connectivity index (χ0) is 11.2. The van der Waals surface area contributed by atoms with Crippen molar-refractivity contribution in [3.8, 4) is 11.5 Å². The van der Waals surface area contributed by atoms with Gasteiger partial charge in [-0.2, -0.15) is 0 Å². The predicted octanol–water partition coefficient (Wildman–Crippen LogP) is 2.46. The van der Waals surface area contributed by atoms with E-state index in [-0.39, 0.29) is 5.41 Å². The second kappa shape index (κ2) is 3.64. The van der Waals surface area contributed by atoms with Crippen molar-refractivity contribution < 1.29 is 9.47 Å². The fourth-order valence-corrected chi connectivity index (χ4v) is 2.55. The van der Waals surface area contributed by atoms with Crippen molar-refractivity contribution in [1.29, 1.82) is 0 Å². The van der Waals surface area contributed by atoms with Crippen molar-refractivity contribution in [2.45, 2.75) is 19.4 Å². The topological polar surface area (TPSA) is 44.5 Å². The molecule has 0 unspecified atom stereocenters. The van der Waals surface area contributed by atoms with Crippen molar-refractivity contribution in [1.82, 2.24) is 0 Å². The summed E-state index contributed by atoms with van der Waals surface area (Å²) in [6.07, 6.45) is 2.42. The van der Waals surface area contributed by atoms with Crippen LogP contribution in [0.4, 0.5) is 0 Å². The molecule has 1 aromatic rings. The van der Waals surface area contributed by atoms with Gasteiger partial charge in [0.1, 0.15) is 0 Å². The van der Waals surface area contributed by atoms with E-state index in [0.29, 0.717) is 6.54 Å². The van der Waals surface area contributed by atoms with Gasteiger partial charge < -0.3 is 15.2 Å². The highest BCUT2D eigenvalue weighted by molar-refractivity contribution is 9.10. The van der Waals surface area contributed by atoms with Crippen molar-refractivity contribution in [2.24, 2.45) is 11.1 Å². The summed E-state index contributed by atoms with van der Waals surface area (Å²) in [6.45, 7) is 2.04. The molecule has 1 heterocycles. The molecule has 1 aliphatic heterocycles. The van der Waals surface area contributed by atoms with E-state index < -0.39 is 0 Å². The van der Waals surface area contributed by atoms with Gasteiger partial charge in [-0.3, -0.25) is 0 Å². The number of hydrogen-bond donors (Lipinski definition) is 1. The van der Waals surface area contributed by atoms with Crippen molar-refractivity contribution in [2.75, 3.05) is 13.2 Å². The lowest BCUT2D eigenvalue weighted by molar-refractivity contribution is 0.196. The summed E-state index contributed by atoms with van der Waals surface area (Å²) in [6, 6.07) is 3.97. The van der Waals surface area contributed by atoms with E-state index in [1.54, 1.807) is 0 Å². The van der Waals surface area contributed by atoms with E-state index in [0.717, 1.165) is 34.7 Å². The number of rotatable bonds is 1. The highest BCUT2D eigenvalue weighted by atomic mass is 79.9. The molecule has 1 saturated carbocycles. The lowest BCUT2D eigenvalue weighted by Crippen LogP contribution is -2.17. The molecule has 4 heteroatoms. The summed E-state index contributed by atoms with van der Waals surface area (Å²) in [5.41, 5.74) is 6.97. The maximum absolute atomic E-state index is 5.84. The molecule has 1 spiro atoms. The van der Waals surface area contributed by atoms with Crippen LogP contribution in [-0.4, -0.2) is 13.2 Å².